The zero-order valence-electron chi connectivity index (χ0n) is 21.4. The quantitative estimate of drug-likeness (QED) is 0.104. The number of nitrogens with zero attached hydrogens (tertiary/aromatic N) is 1. The van der Waals surface area contributed by atoms with Gasteiger partial charge in [-0.05, 0) is 18.1 Å². The number of fused-ring (bicyclic) bond motifs is 1. The summed E-state index contributed by atoms with van der Waals surface area (Å²) < 4.78 is 51.6. The zero-order valence-corrected chi connectivity index (χ0v) is 24.1. The summed E-state index contributed by atoms with van der Waals surface area (Å²) in [6.07, 6.45) is -4.41. The highest BCUT2D eigenvalue weighted by Crippen LogP contribution is 2.66. The molecule has 20 nitrogen and oxygen atoms in total. The molecule has 1 fully saturated rings. The van der Waals surface area contributed by atoms with Crippen LogP contribution in [0.2, 0.25) is 0 Å². The maximum Gasteiger partial charge on any atom is 0.490 e. The molecule has 43 heavy (non-hydrogen) atoms. The number of para-hydroxylation sites is 1. The molecule has 0 saturated carbocycles. The van der Waals surface area contributed by atoms with Crippen molar-refractivity contribution in [2.45, 2.75) is 31.0 Å². The van der Waals surface area contributed by atoms with Gasteiger partial charge in [0.05, 0.1) is 6.61 Å². The summed E-state index contributed by atoms with van der Waals surface area (Å²) in [6, 6.07) is 7.47. The van der Waals surface area contributed by atoms with E-state index in [-0.39, 0.29) is 6.54 Å². The lowest BCUT2D eigenvalue weighted by Crippen LogP contribution is -2.41. The number of rotatable bonds is 12. The molecule has 6 atom stereocenters. The number of carbonyl (C=O) groups excluding carboxylic acids is 1. The van der Waals surface area contributed by atoms with Gasteiger partial charge in [0.1, 0.15) is 23.9 Å². The third kappa shape index (κ3) is 8.23. The van der Waals surface area contributed by atoms with Gasteiger partial charge >= 0.3 is 29.2 Å². The van der Waals surface area contributed by atoms with E-state index in [1.807, 2.05) is 29.2 Å². The number of aromatic amines is 2. The number of nitrogens with one attached hydrogen (secondary N) is 3. The number of ether oxygens (including phenoxy) is 1. The number of H-pyrrole nitrogens is 2. The van der Waals surface area contributed by atoms with E-state index >= 15 is 0 Å². The van der Waals surface area contributed by atoms with Gasteiger partial charge < -0.3 is 44.8 Å². The first-order chi connectivity index (χ1) is 20.0. The molecule has 0 radical (unpaired) electrons. The third-order valence-corrected chi connectivity index (χ3v) is 9.80. The molecule has 1 saturated heterocycles. The van der Waals surface area contributed by atoms with E-state index in [4.69, 9.17) is 14.5 Å². The van der Waals surface area contributed by atoms with Crippen LogP contribution in [-0.4, -0.2) is 81.7 Å². The lowest BCUT2D eigenvalue weighted by Gasteiger charge is -2.19. The predicted molar refractivity (Wildman–Crippen MR) is 141 cm³/mol. The van der Waals surface area contributed by atoms with E-state index in [1.54, 1.807) is 6.20 Å². The lowest BCUT2D eigenvalue weighted by atomic mass is 10.1. The van der Waals surface area contributed by atoms with Gasteiger partial charge in [0.2, 0.25) is 0 Å². The molecule has 9 N–H and O–H groups in total. The second kappa shape index (κ2) is 12.7. The van der Waals surface area contributed by atoms with Crippen molar-refractivity contribution in [3.8, 4) is 0 Å². The number of hydrogen-bond donors (Lipinski definition) is 9. The number of benzene rings is 1. The molecular formula is C20H25N4O16P3. The number of aromatic nitrogens is 3. The molecule has 3 heterocycles. The topological polar surface area (TPSA) is 309 Å². The van der Waals surface area contributed by atoms with Gasteiger partial charge in [-0.25, -0.2) is 18.5 Å². The summed E-state index contributed by atoms with van der Waals surface area (Å²) in [7, 11) is -17.0. The fraction of sp³-hybridized carbons (Fsp3) is 0.350. The molecule has 2 unspecified atom stereocenters. The second-order valence-corrected chi connectivity index (χ2v) is 13.4. The number of aliphatic hydroxyl groups is 2. The van der Waals surface area contributed by atoms with E-state index in [9.17, 15) is 48.1 Å². The van der Waals surface area contributed by atoms with Crippen LogP contribution in [0.5, 0.6) is 0 Å². The number of amides is 1. The lowest BCUT2D eigenvalue weighted by molar-refractivity contribution is -0.0543. The normalized spacial score (nSPS) is 23.6. The van der Waals surface area contributed by atoms with Crippen molar-refractivity contribution in [1.29, 1.82) is 0 Å². The van der Waals surface area contributed by atoms with E-state index in [0.717, 1.165) is 22.7 Å². The number of phosphoric ester groups is 1. The molecular weight excluding hydrogens is 645 g/mol. The van der Waals surface area contributed by atoms with Crippen molar-refractivity contribution < 1.29 is 66.2 Å². The first-order valence-electron chi connectivity index (χ1n) is 11.9. The zero-order chi connectivity index (χ0) is 31.7. The highest BCUT2D eigenvalue weighted by atomic mass is 31.3. The number of carbonyl (C=O) groups is 1. The third-order valence-electron chi connectivity index (χ3n) is 6.00. The molecule has 0 aliphatic carbocycles. The molecule has 0 spiro atoms. The highest BCUT2D eigenvalue weighted by Gasteiger charge is 2.47. The Kier molecular flexibility index (Phi) is 9.75. The van der Waals surface area contributed by atoms with Crippen LogP contribution in [0.15, 0.2) is 46.2 Å². The monoisotopic (exact) mass is 670 g/mol. The summed E-state index contributed by atoms with van der Waals surface area (Å²) in [5.74, 6) is -0.882. The van der Waals surface area contributed by atoms with Gasteiger partial charge in [0.25, 0.3) is 11.5 Å². The summed E-state index contributed by atoms with van der Waals surface area (Å²) in [5, 5.41) is 24.2. The van der Waals surface area contributed by atoms with Crippen molar-refractivity contribution in [3.63, 3.8) is 0 Å². The van der Waals surface area contributed by atoms with Gasteiger partial charge in [-0.15, -0.1) is 0 Å². The number of aliphatic hydroxyl groups excluding tert-OH is 2. The SMILES string of the molecule is O=C(NCCc1c[nH]c2ccccc12)c1cn([C@@H]2O[C@H](COP(=O)(O)OP(=O)(O)OP(=O)(O)O)[C@@H](O)[C@H]2O)c(=O)[nH]c1=O. The molecule has 4 rings (SSSR count). The van der Waals surface area contributed by atoms with Gasteiger partial charge in [0.15, 0.2) is 6.23 Å². The van der Waals surface area contributed by atoms with Crippen LogP contribution in [0.25, 0.3) is 10.9 Å². The number of hydrogen-bond acceptors (Lipinski definition) is 12. The Hall–Kier alpha value is -2.80. The molecule has 2 aromatic heterocycles. The Labute approximate surface area is 239 Å². The molecule has 1 aromatic carbocycles. The van der Waals surface area contributed by atoms with Crippen LogP contribution in [-0.2, 0) is 38.0 Å². The Morgan fingerprint density at radius 1 is 1.02 bits per heavy atom. The van der Waals surface area contributed by atoms with E-state index < -0.39 is 77.3 Å². The first kappa shape index (κ1) is 33.1. The van der Waals surface area contributed by atoms with Crippen LogP contribution in [0.4, 0.5) is 0 Å². The van der Waals surface area contributed by atoms with Crippen molar-refractivity contribution in [1.82, 2.24) is 19.9 Å². The molecule has 1 aliphatic rings. The van der Waals surface area contributed by atoms with Crippen LogP contribution in [0, 0.1) is 0 Å². The van der Waals surface area contributed by atoms with Crippen LogP contribution in [0.3, 0.4) is 0 Å². The van der Waals surface area contributed by atoms with Gasteiger partial charge in [-0.1, -0.05) is 18.2 Å². The predicted octanol–water partition coefficient (Wildman–Crippen LogP) is -1.05. The summed E-state index contributed by atoms with van der Waals surface area (Å²) in [4.78, 5) is 78.5. The van der Waals surface area contributed by atoms with Crippen molar-refractivity contribution in [2.24, 2.45) is 0 Å². The molecule has 236 valence electrons. The molecule has 1 aliphatic heterocycles. The minimum Gasteiger partial charge on any atom is -0.387 e. The van der Waals surface area contributed by atoms with E-state index in [1.165, 1.54) is 0 Å². The maximum atomic E-state index is 12.8. The average molecular weight is 670 g/mol. The molecule has 3 aromatic rings. The van der Waals surface area contributed by atoms with E-state index in [0.29, 0.717) is 11.0 Å². The fourth-order valence-electron chi connectivity index (χ4n) is 4.15. The van der Waals surface area contributed by atoms with E-state index in [2.05, 4.69) is 23.4 Å². The van der Waals surface area contributed by atoms with Gasteiger partial charge in [-0.2, -0.15) is 8.62 Å². The Balaban J connectivity index is 1.42. The molecule has 0 bridgehead atoms. The van der Waals surface area contributed by atoms with Crippen molar-refractivity contribution in [2.75, 3.05) is 13.2 Å². The van der Waals surface area contributed by atoms with Gasteiger partial charge in [0, 0.05) is 29.8 Å². The minimum absolute atomic E-state index is 0.100. The summed E-state index contributed by atoms with van der Waals surface area (Å²) >= 11 is 0. The van der Waals surface area contributed by atoms with Crippen molar-refractivity contribution in [3.05, 3.63) is 68.6 Å². The second-order valence-electron chi connectivity index (χ2n) is 9.01. The Morgan fingerprint density at radius 2 is 1.72 bits per heavy atom. The maximum absolute atomic E-state index is 12.8. The smallest absolute Gasteiger partial charge is 0.387 e. The first-order valence-corrected chi connectivity index (χ1v) is 16.5. The van der Waals surface area contributed by atoms with Crippen LogP contribution in [0.1, 0.15) is 22.1 Å². The van der Waals surface area contributed by atoms with Crippen molar-refractivity contribution >= 4 is 40.3 Å². The Morgan fingerprint density at radius 3 is 2.42 bits per heavy atom. The minimum atomic E-state index is -5.82. The largest absolute Gasteiger partial charge is 0.490 e. The summed E-state index contributed by atoms with van der Waals surface area (Å²) in [5.41, 5.74) is -0.993. The van der Waals surface area contributed by atoms with Gasteiger partial charge in [-0.3, -0.25) is 23.7 Å². The highest BCUT2D eigenvalue weighted by molar-refractivity contribution is 7.66. The van der Waals surface area contributed by atoms with Crippen LogP contribution < -0.4 is 16.6 Å². The number of phosphoric acid groups is 3. The molecule has 23 heteroatoms. The fourth-order valence-corrected chi connectivity index (χ4v) is 7.18. The molecule has 1 amide bonds. The summed E-state index contributed by atoms with van der Waals surface area (Å²) in [6.45, 7) is -1.04. The van der Waals surface area contributed by atoms with Crippen LogP contribution >= 0.6 is 23.5 Å². The Bertz CT molecular complexity index is 1760. The average Bonchev–Trinajstić information content (AvgIpc) is 3.41. The standard InChI is InChI=1S/C20H25N4O16P3/c25-15-14(9-37-42(33,34)40-43(35,36)39-41(30,31)32)38-19(16(15)26)24-8-12(18(28)23-20(24)29)17(27)21-6-5-10-7-22-13-4-2-1-3-11(10)13/h1-4,7-8,14-16,19,22,25-26H,5-6,9H2,(H,21,27)(H,33,34)(H,35,36)(H,23,28,29)(H2,30,31,32)/t14-,15-,16-,19-/m1/s1.